The van der Waals surface area contributed by atoms with Gasteiger partial charge in [0, 0.05) is 13.2 Å². The molecule has 4 heteroatoms. The standard InChI is InChI=1S/C13H18N4/c1-9-5-4-6-10(2)12(9)13(16-14)11-7-8-15-17(11)3/h4-8,13,16H,14H2,1-3H3. The molecule has 2 rings (SSSR count). The summed E-state index contributed by atoms with van der Waals surface area (Å²) in [4.78, 5) is 0. The zero-order valence-corrected chi connectivity index (χ0v) is 10.4. The van der Waals surface area contributed by atoms with E-state index in [0.29, 0.717) is 0 Å². The molecule has 4 nitrogen and oxygen atoms in total. The van der Waals surface area contributed by atoms with Crippen LogP contribution in [0, 0.1) is 13.8 Å². The summed E-state index contributed by atoms with van der Waals surface area (Å²) in [7, 11) is 1.92. The minimum Gasteiger partial charge on any atom is -0.271 e. The van der Waals surface area contributed by atoms with E-state index in [1.165, 1.54) is 16.7 Å². The van der Waals surface area contributed by atoms with Crippen LogP contribution in [-0.4, -0.2) is 9.78 Å². The van der Waals surface area contributed by atoms with Gasteiger partial charge in [0.1, 0.15) is 0 Å². The first kappa shape index (κ1) is 11.8. The van der Waals surface area contributed by atoms with Gasteiger partial charge in [-0.25, -0.2) is 5.43 Å². The number of hydrogen-bond donors (Lipinski definition) is 2. The lowest BCUT2D eigenvalue weighted by molar-refractivity contribution is 0.571. The van der Waals surface area contributed by atoms with Crippen LogP contribution in [0.2, 0.25) is 0 Å². The Hall–Kier alpha value is -1.65. The van der Waals surface area contributed by atoms with Crippen molar-refractivity contribution in [1.29, 1.82) is 0 Å². The first-order valence-electron chi connectivity index (χ1n) is 5.65. The van der Waals surface area contributed by atoms with E-state index >= 15 is 0 Å². The van der Waals surface area contributed by atoms with E-state index in [1.807, 2.05) is 17.8 Å². The first-order valence-corrected chi connectivity index (χ1v) is 5.65. The molecule has 1 aromatic heterocycles. The third-order valence-electron chi connectivity index (χ3n) is 3.15. The van der Waals surface area contributed by atoms with E-state index in [9.17, 15) is 0 Å². The van der Waals surface area contributed by atoms with Crippen LogP contribution in [0.15, 0.2) is 30.5 Å². The predicted molar refractivity (Wildman–Crippen MR) is 68.3 cm³/mol. The molecule has 0 saturated heterocycles. The van der Waals surface area contributed by atoms with Crippen LogP contribution in [0.3, 0.4) is 0 Å². The fraction of sp³-hybridized carbons (Fsp3) is 0.308. The van der Waals surface area contributed by atoms with E-state index in [-0.39, 0.29) is 6.04 Å². The Balaban J connectivity index is 2.53. The quantitative estimate of drug-likeness (QED) is 0.622. The number of hydrogen-bond acceptors (Lipinski definition) is 3. The summed E-state index contributed by atoms with van der Waals surface area (Å²) < 4.78 is 1.84. The smallest absolute Gasteiger partial charge is 0.0883 e. The number of aromatic nitrogens is 2. The molecule has 2 aromatic rings. The van der Waals surface area contributed by atoms with Crippen LogP contribution in [0.5, 0.6) is 0 Å². The van der Waals surface area contributed by atoms with Crippen LogP contribution in [-0.2, 0) is 7.05 Å². The van der Waals surface area contributed by atoms with E-state index in [4.69, 9.17) is 5.84 Å². The van der Waals surface area contributed by atoms with Crippen molar-refractivity contribution in [3.05, 3.63) is 52.8 Å². The van der Waals surface area contributed by atoms with Gasteiger partial charge in [-0.05, 0) is 36.6 Å². The number of aryl methyl sites for hydroxylation is 3. The van der Waals surface area contributed by atoms with Gasteiger partial charge in [0.15, 0.2) is 0 Å². The number of hydrazine groups is 1. The highest BCUT2D eigenvalue weighted by atomic mass is 15.3. The predicted octanol–water partition coefficient (Wildman–Crippen LogP) is 1.59. The number of nitrogens with zero attached hydrogens (tertiary/aromatic N) is 2. The largest absolute Gasteiger partial charge is 0.271 e. The Morgan fingerprint density at radius 3 is 2.35 bits per heavy atom. The molecule has 0 amide bonds. The van der Waals surface area contributed by atoms with E-state index in [1.54, 1.807) is 6.20 Å². The number of rotatable bonds is 3. The molecule has 1 atom stereocenters. The van der Waals surface area contributed by atoms with Crippen molar-refractivity contribution in [3.63, 3.8) is 0 Å². The minimum absolute atomic E-state index is 0.0244. The molecule has 0 bridgehead atoms. The zero-order chi connectivity index (χ0) is 12.4. The van der Waals surface area contributed by atoms with Crippen LogP contribution >= 0.6 is 0 Å². The van der Waals surface area contributed by atoms with Crippen molar-refractivity contribution in [2.45, 2.75) is 19.9 Å². The molecular formula is C13H18N4. The molecule has 1 unspecified atom stereocenters. The summed E-state index contributed by atoms with van der Waals surface area (Å²) in [6.07, 6.45) is 1.78. The van der Waals surface area contributed by atoms with Crippen LogP contribution in [0.25, 0.3) is 0 Å². The molecule has 0 saturated carbocycles. The molecule has 0 aliphatic heterocycles. The molecule has 0 aliphatic carbocycles. The summed E-state index contributed by atoms with van der Waals surface area (Å²) in [6, 6.07) is 8.22. The number of benzene rings is 1. The second-order valence-corrected chi connectivity index (χ2v) is 4.28. The Bertz CT molecular complexity index is 496. The monoisotopic (exact) mass is 230 g/mol. The van der Waals surface area contributed by atoms with Crippen molar-refractivity contribution < 1.29 is 0 Å². The minimum atomic E-state index is -0.0244. The lowest BCUT2D eigenvalue weighted by Crippen LogP contribution is -2.31. The van der Waals surface area contributed by atoms with Crippen molar-refractivity contribution in [1.82, 2.24) is 15.2 Å². The van der Waals surface area contributed by atoms with Crippen molar-refractivity contribution in [2.24, 2.45) is 12.9 Å². The van der Waals surface area contributed by atoms with Gasteiger partial charge in [0.25, 0.3) is 0 Å². The Morgan fingerprint density at radius 2 is 1.88 bits per heavy atom. The third kappa shape index (κ3) is 2.09. The van der Waals surface area contributed by atoms with Crippen molar-refractivity contribution in [3.8, 4) is 0 Å². The first-order chi connectivity index (χ1) is 8.15. The highest BCUT2D eigenvalue weighted by molar-refractivity contribution is 5.40. The summed E-state index contributed by atoms with van der Waals surface area (Å²) in [5.74, 6) is 5.71. The van der Waals surface area contributed by atoms with Crippen LogP contribution in [0.1, 0.15) is 28.4 Å². The maximum atomic E-state index is 5.71. The van der Waals surface area contributed by atoms with Gasteiger partial charge in [-0.1, -0.05) is 18.2 Å². The van der Waals surface area contributed by atoms with E-state index in [2.05, 4.69) is 42.6 Å². The summed E-state index contributed by atoms with van der Waals surface area (Å²) in [5.41, 5.74) is 7.62. The Morgan fingerprint density at radius 1 is 1.24 bits per heavy atom. The van der Waals surface area contributed by atoms with Crippen LogP contribution < -0.4 is 11.3 Å². The van der Waals surface area contributed by atoms with Crippen LogP contribution in [0.4, 0.5) is 0 Å². The van der Waals surface area contributed by atoms with Gasteiger partial charge in [0.05, 0.1) is 11.7 Å². The lowest BCUT2D eigenvalue weighted by Gasteiger charge is -2.21. The van der Waals surface area contributed by atoms with Gasteiger partial charge >= 0.3 is 0 Å². The van der Waals surface area contributed by atoms with Gasteiger partial charge in [-0.2, -0.15) is 5.10 Å². The maximum Gasteiger partial charge on any atom is 0.0883 e. The van der Waals surface area contributed by atoms with E-state index in [0.717, 1.165) is 5.69 Å². The topological polar surface area (TPSA) is 55.9 Å². The third-order valence-corrected chi connectivity index (χ3v) is 3.15. The number of nitrogens with one attached hydrogen (secondary N) is 1. The summed E-state index contributed by atoms with van der Waals surface area (Å²) in [5, 5.41) is 4.19. The molecule has 0 fully saturated rings. The molecule has 1 heterocycles. The zero-order valence-electron chi connectivity index (χ0n) is 10.4. The Labute approximate surface area is 101 Å². The molecule has 0 radical (unpaired) electrons. The molecule has 90 valence electrons. The average Bonchev–Trinajstić information content (AvgIpc) is 2.70. The van der Waals surface area contributed by atoms with Gasteiger partial charge in [-0.3, -0.25) is 10.5 Å². The number of nitrogens with two attached hydrogens (primary N) is 1. The average molecular weight is 230 g/mol. The molecule has 17 heavy (non-hydrogen) atoms. The van der Waals surface area contributed by atoms with Crippen molar-refractivity contribution in [2.75, 3.05) is 0 Å². The second-order valence-electron chi connectivity index (χ2n) is 4.28. The van der Waals surface area contributed by atoms with Gasteiger partial charge in [-0.15, -0.1) is 0 Å². The van der Waals surface area contributed by atoms with Gasteiger partial charge in [0.2, 0.25) is 0 Å². The normalized spacial score (nSPS) is 12.7. The molecule has 0 spiro atoms. The highest BCUT2D eigenvalue weighted by Crippen LogP contribution is 2.26. The lowest BCUT2D eigenvalue weighted by atomic mass is 9.94. The molecule has 1 aromatic carbocycles. The maximum absolute atomic E-state index is 5.71. The fourth-order valence-corrected chi connectivity index (χ4v) is 2.27. The fourth-order valence-electron chi connectivity index (χ4n) is 2.27. The van der Waals surface area contributed by atoms with E-state index < -0.39 is 0 Å². The summed E-state index contributed by atoms with van der Waals surface area (Å²) >= 11 is 0. The summed E-state index contributed by atoms with van der Waals surface area (Å²) in [6.45, 7) is 4.20. The van der Waals surface area contributed by atoms with Gasteiger partial charge < -0.3 is 0 Å². The molecule has 0 aliphatic rings. The highest BCUT2D eigenvalue weighted by Gasteiger charge is 2.19. The second kappa shape index (κ2) is 4.69. The molecule has 3 N–H and O–H groups in total. The molecular weight excluding hydrogens is 212 g/mol. The SMILES string of the molecule is Cc1cccc(C)c1C(NN)c1ccnn1C. The van der Waals surface area contributed by atoms with Crippen molar-refractivity contribution >= 4 is 0 Å². The Kier molecular flexibility index (Phi) is 3.26.